The van der Waals surface area contributed by atoms with Crippen molar-refractivity contribution in [2.45, 2.75) is 27.7 Å². The van der Waals surface area contributed by atoms with Crippen LogP contribution in [0.15, 0.2) is 30.9 Å². The number of rotatable bonds is 4. The number of carbonyl (C=O) groups excluding carboxylic acids is 2. The van der Waals surface area contributed by atoms with Crippen molar-refractivity contribution in [2.75, 3.05) is 23.4 Å². The molecule has 5 heteroatoms. The maximum atomic E-state index is 12.8. The molecule has 1 aliphatic rings. The van der Waals surface area contributed by atoms with E-state index in [1.807, 2.05) is 27.7 Å². The molecule has 0 saturated carbocycles. The first-order valence-corrected chi connectivity index (χ1v) is 7.77. The molecule has 0 radical (unpaired) electrons. The summed E-state index contributed by atoms with van der Waals surface area (Å²) in [5.74, 6) is 0.424. The smallest absolute Gasteiger partial charge is 0.236 e. The van der Waals surface area contributed by atoms with Crippen molar-refractivity contribution < 1.29 is 14.3 Å². The lowest BCUT2D eigenvalue weighted by molar-refractivity contribution is -0.127. The number of hydrogen-bond acceptors (Lipinski definition) is 3. The van der Waals surface area contributed by atoms with Gasteiger partial charge in [-0.1, -0.05) is 19.9 Å². The maximum absolute atomic E-state index is 12.8. The van der Waals surface area contributed by atoms with E-state index in [1.165, 1.54) is 0 Å². The number of hydrogen-bond donors (Lipinski definition) is 1. The van der Waals surface area contributed by atoms with Crippen molar-refractivity contribution in [1.82, 2.24) is 0 Å². The molecule has 0 spiro atoms. The minimum atomic E-state index is -0.622. The third kappa shape index (κ3) is 3.55. The topological polar surface area (TPSA) is 58.6 Å². The zero-order chi connectivity index (χ0) is 17.2. The van der Waals surface area contributed by atoms with Crippen LogP contribution < -0.4 is 15.0 Å². The van der Waals surface area contributed by atoms with Crippen LogP contribution in [-0.2, 0) is 9.59 Å². The second-order valence-corrected chi connectivity index (χ2v) is 6.70. The third-order valence-corrected chi connectivity index (χ3v) is 3.77. The lowest BCUT2D eigenvalue weighted by Crippen LogP contribution is -2.42. The van der Waals surface area contributed by atoms with Gasteiger partial charge in [0.05, 0.1) is 11.1 Å². The highest BCUT2D eigenvalue weighted by Crippen LogP contribution is 2.38. The number of nitrogens with one attached hydrogen (secondary N) is 1. The molecular formula is C18H24N2O3. The van der Waals surface area contributed by atoms with Gasteiger partial charge in [-0.25, -0.2) is 0 Å². The van der Waals surface area contributed by atoms with Gasteiger partial charge in [-0.05, 0) is 32.0 Å². The first-order chi connectivity index (χ1) is 10.8. The number of ether oxygens (including phenoxy) is 1. The summed E-state index contributed by atoms with van der Waals surface area (Å²) in [7, 11) is 0. The van der Waals surface area contributed by atoms with Crippen LogP contribution in [0.1, 0.15) is 27.7 Å². The van der Waals surface area contributed by atoms with Crippen molar-refractivity contribution in [3.63, 3.8) is 0 Å². The highest BCUT2D eigenvalue weighted by Gasteiger charge is 2.37. The van der Waals surface area contributed by atoms with E-state index in [0.29, 0.717) is 30.3 Å². The lowest BCUT2D eigenvalue weighted by atomic mass is 9.93. The Morgan fingerprint density at radius 2 is 2.17 bits per heavy atom. The average molecular weight is 316 g/mol. The highest BCUT2D eigenvalue weighted by molar-refractivity contribution is 6.01. The van der Waals surface area contributed by atoms with Gasteiger partial charge in [0.25, 0.3) is 0 Å². The van der Waals surface area contributed by atoms with Crippen LogP contribution in [-0.4, -0.2) is 25.0 Å². The fraction of sp³-hybridized carbons (Fsp3) is 0.444. The molecule has 0 fully saturated rings. The van der Waals surface area contributed by atoms with Crippen LogP contribution in [0, 0.1) is 11.3 Å². The molecule has 0 atom stereocenters. The van der Waals surface area contributed by atoms with E-state index in [9.17, 15) is 9.59 Å². The van der Waals surface area contributed by atoms with Crippen LogP contribution in [0.5, 0.6) is 5.75 Å². The highest BCUT2D eigenvalue weighted by atomic mass is 16.5. The quantitative estimate of drug-likeness (QED) is 0.868. The molecule has 1 aromatic carbocycles. The molecule has 23 heavy (non-hydrogen) atoms. The van der Waals surface area contributed by atoms with Crippen molar-refractivity contribution in [3.05, 3.63) is 30.9 Å². The molecule has 1 heterocycles. The van der Waals surface area contributed by atoms with E-state index in [0.717, 1.165) is 0 Å². The lowest BCUT2D eigenvalue weighted by Gasteiger charge is -2.27. The van der Waals surface area contributed by atoms with Gasteiger partial charge in [0.2, 0.25) is 11.8 Å². The molecule has 0 aromatic heterocycles. The van der Waals surface area contributed by atoms with E-state index in [-0.39, 0.29) is 17.7 Å². The van der Waals surface area contributed by atoms with Crippen molar-refractivity contribution in [3.8, 4) is 5.75 Å². The van der Waals surface area contributed by atoms with Gasteiger partial charge in [-0.2, -0.15) is 0 Å². The Balaban J connectivity index is 2.42. The van der Waals surface area contributed by atoms with Crippen molar-refractivity contribution in [1.29, 1.82) is 0 Å². The van der Waals surface area contributed by atoms with E-state index in [1.54, 1.807) is 29.2 Å². The summed E-state index contributed by atoms with van der Waals surface area (Å²) in [5.41, 5.74) is 0.679. The largest absolute Gasteiger partial charge is 0.490 e. The maximum Gasteiger partial charge on any atom is 0.236 e. The van der Waals surface area contributed by atoms with Gasteiger partial charge >= 0.3 is 0 Å². The van der Waals surface area contributed by atoms with Gasteiger partial charge in [0.1, 0.15) is 12.4 Å². The second kappa shape index (κ2) is 6.44. The molecule has 124 valence electrons. The zero-order valence-electron chi connectivity index (χ0n) is 14.2. The Labute approximate surface area is 137 Å². The number of anilines is 2. The molecule has 1 aromatic rings. The Hall–Kier alpha value is -2.30. The molecule has 0 aliphatic carbocycles. The SMILES string of the molecule is C=CCN1C(=O)C(C)(C)COc2ccc(NC(=O)C(C)C)cc21. The van der Waals surface area contributed by atoms with Crippen LogP contribution in [0.2, 0.25) is 0 Å². The number of amides is 2. The third-order valence-electron chi connectivity index (χ3n) is 3.77. The number of fused-ring (bicyclic) bond motifs is 1. The summed E-state index contributed by atoms with van der Waals surface area (Å²) in [4.78, 5) is 26.3. The van der Waals surface area contributed by atoms with E-state index < -0.39 is 5.41 Å². The predicted molar refractivity (Wildman–Crippen MR) is 91.7 cm³/mol. The summed E-state index contributed by atoms with van der Waals surface area (Å²) in [6, 6.07) is 5.35. The molecular weight excluding hydrogens is 292 g/mol. The summed E-state index contributed by atoms with van der Waals surface area (Å²) >= 11 is 0. The number of benzene rings is 1. The normalized spacial score (nSPS) is 16.4. The molecule has 5 nitrogen and oxygen atoms in total. The summed E-state index contributed by atoms with van der Waals surface area (Å²) < 4.78 is 5.81. The minimum absolute atomic E-state index is 0.0245. The molecule has 1 aliphatic heterocycles. The van der Waals surface area contributed by atoms with Crippen LogP contribution in [0.3, 0.4) is 0 Å². The van der Waals surface area contributed by atoms with Gasteiger partial charge < -0.3 is 15.0 Å². The first kappa shape index (κ1) is 17.1. The molecule has 0 unspecified atom stereocenters. The number of carbonyl (C=O) groups is 2. The summed E-state index contributed by atoms with van der Waals surface area (Å²) in [6.07, 6.45) is 1.68. The van der Waals surface area contributed by atoms with Gasteiger partial charge in [0, 0.05) is 18.2 Å². The Bertz CT molecular complexity index is 635. The van der Waals surface area contributed by atoms with E-state index in [4.69, 9.17) is 4.74 Å². The van der Waals surface area contributed by atoms with Gasteiger partial charge in [-0.3, -0.25) is 9.59 Å². The number of nitrogens with zero attached hydrogens (tertiary/aromatic N) is 1. The fourth-order valence-electron chi connectivity index (χ4n) is 2.32. The van der Waals surface area contributed by atoms with Crippen molar-refractivity contribution >= 4 is 23.2 Å². The van der Waals surface area contributed by atoms with Gasteiger partial charge in [0.15, 0.2) is 0 Å². The van der Waals surface area contributed by atoms with Crippen LogP contribution in [0.4, 0.5) is 11.4 Å². The molecule has 1 N–H and O–H groups in total. The predicted octanol–water partition coefficient (Wildman–Crippen LogP) is 3.22. The fourth-order valence-corrected chi connectivity index (χ4v) is 2.32. The summed E-state index contributed by atoms with van der Waals surface area (Å²) in [6.45, 7) is 11.8. The minimum Gasteiger partial charge on any atom is -0.490 e. The molecule has 0 saturated heterocycles. The summed E-state index contributed by atoms with van der Waals surface area (Å²) in [5, 5.41) is 2.85. The van der Waals surface area contributed by atoms with E-state index >= 15 is 0 Å². The molecule has 0 bridgehead atoms. The molecule has 2 amide bonds. The zero-order valence-corrected chi connectivity index (χ0v) is 14.2. The monoisotopic (exact) mass is 316 g/mol. The Morgan fingerprint density at radius 3 is 2.78 bits per heavy atom. The Morgan fingerprint density at radius 1 is 1.48 bits per heavy atom. The second-order valence-electron chi connectivity index (χ2n) is 6.70. The Kier molecular flexibility index (Phi) is 4.78. The molecule has 2 rings (SSSR count). The first-order valence-electron chi connectivity index (χ1n) is 7.77. The van der Waals surface area contributed by atoms with Crippen LogP contribution in [0.25, 0.3) is 0 Å². The van der Waals surface area contributed by atoms with Crippen molar-refractivity contribution in [2.24, 2.45) is 11.3 Å². The van der Waals surface area contributed by atoms with Gasteiger partial charge in [-0.15, -0.1) is 6.58 Å². The van der Waals surface area contributed by atoms with Crippen LogP contribution >= 0.6 is 0 Å². The van der Waals surface area contributed by atoms with E-state index in [2.05, 4.69) is 11.9 Å². The standard InChI is InChI=1S/C18H24N2O3/c1-6-9-20-14-10-13(19-16(21)12(2)3)7-8-15(14)23-11-18(4,5)17(20)22/h6-8,10,12H,1,9,11H2,2-5H3,(H,19,21). The average Bonchev–Trinajstić information content (AvgIpc) is 2.58.